The Morgan fingerprint density at radius 3 is 2.69 bits per heavy atom. The van der Waals surface area contributed by atoms with E-state index in [1.807, 2.05) is 6.07 Å². The van der Waals surface area contributed by atoms with Crippen molar-refractivity contribution in [3.8, 4) is 5.75 Å². The van der Waals surface area contributed by atoms with Crippen molar-refractivity contribution in [1.82, 2.24) is 20.5 Å². The number of likely N-dealkylation sites (tertiary alicyclic amines) is 1. The number of hydrogen-bond donors (Lipinski definition) is 2. The highest BCUT2D eigenvalue weighted by molar-refractivity contribution is 14.0. The summed E-state index contributed by atoms with van der Waals surface area (Å²) in [7, 11) is 1.72. The maximum atomic E-state index is 5.56. The molecule has 8 heteroatoms. The van der Waals surface area contributed by atoms with Crippen LogP contribution >= 0.6 is 35.3 Å². The Morgan fingerprint density at radius 2 is 2.06 bits per heavy atom. The first-order valence-corrected chi connectivity index (χ1v) is 12.2. The van der Waals surface area contributed by atoms with Gasteiger partial charge in [-0.25, -0.2) is 4.98 Å². The number of nitrogens with one attached hydrogen (secondary N) is 2. The van der Waals surface area contributed by atoms with Crippen molar-refractivity contribution in [2.45, 2.75) is 53.1 Å². The number of benzene rings is 1. The first-order valence-electron chi connectivity index (χ1n) is 11.3. The summed E-state index contributed by atoms with van der Waals surface area (Å²) in [6.45, 7) is 13.4. The third-order valence-corrected chi connectivity index (χ3v) is 6.64. The van der Waals surface area contributed by atoms with Crippen LogP contribution in [-0.4, -0.2) is 49.1 Å². The summed E-state index contributed by atoms with van der Waals surface area (Å²) in [5.41, 5.74) is 3.59. The number of aliphatic imine (C=N–C) groups is 1. The van der Waals surface area contributed by atoms with E-state index in [1.165, 1.54) is 24.1 Å². The summed E-state index contributed by atoms with van der Waals surface area (Å²) < 4.78 is 5.56. The van der Waals surface area contributed by atoms with Crippen molar-refractivity contribution in [1.29, 1.82) is 0 Å². The maximum Gasteiger partial charge on any atom is 0.191 e. The zero-order valence-electron chi connectivity index (χ0n) is 20.0. The van der Waals surface area contributed by atoms with Gasteiger partial charge >= 0.3 is 0 Å². The molecule has 0 aliphatic carbocycles. The maximum absolute atomic E-state index is 5.56. The fourth-order valence-electron chi connectivity index (χ4n) is 4.05. The summed E-state index contributed by atoms with van der Waals surface area (Å²) >= 11 is 1.74. The van der Waals surface area contributed by atoms with Crippen LogP contribution < -0.4 is 15.4 Å². The van der Waals surface area contributed by atoms with Gasteiger partial charge in [0.2, 0.25) is 0 Å². The number of thiazole rings is 1. The number of rotatable bonds is 8. The molecular weight excluding hydrogens is 533 g/mol. The minimum absolute atomic E-state index is 0. The number of guanidine groups is 1. The van der Waals surface area contributed by atoms with Gasteiger partial charge in [0.1, 0.15) is 5.75 Å². The molecule has 2 heterocycles. The number of hydrogen-bond acceptors (Lipinski definition) is 5. The van der Waals surface area contributed by atoms with E-state index in [4.69, 9.17) is 9.73 Å². The van der Waals surface area contributed by atoms with Crippen LogP contribution in [0.2, 0.25) is 0 Å². The molecule has 0 bridgehead atoms. The van der Waals surface area contributed by atoms with Gasteiger partial charge in [-0.05, 0) is 65.6 Å². The van der Waals surface area contributed by atoms with Crippen molar-refractivity contribution < 1.29 is 4.74 Å². The number of ether oxygens (including phenoxy) is 1. The molecule has 1 saturated heterocycles. The molecule has 1 aromatic heterocycles. The molecule has 6 nitrogen and oxygen atoms in total. The Bertz CT molecular complexity index is 864. The van der Waals surface area contributed by atoms with Gasteiger partial charge in [0.25, 0.3) is 0 Å². The lowest BCUT2D eigenvalue weighted by atomic mass is 9.97. The Hall–Kier alpha value is -1.39. The quantitative estimate of drug-likeness (QED) is 0.268. The number of aryl methyl sites for hydroxylation is 2. The van der Waals surface area contributed by atoms with E-state index < -0.39 is 0 Å². The molecule has 2 aromatic rings. The fraction of sp³-hybridized carbons (Fsp3) is 0.583. The van der Waals surface area contributed by atoms with E-state index in [2.05, 4.69) is 65.7 Å². The first-order chi connectivity index (χ1) is 15.0. The van der Waals surface area contributed by atoms with Gasteiger partial charge in [0.15, 0.2) is 5.96 Å². The van der Waals surface area contributed by atoms with Gasteiger partial charge in [0.05, 0.1) is 23.9 Å². The van der Waals surface area contributed by atoms with E-state index >= 15 is 0 Å². The third kappa shape index (κ3) is 7.88. The molecule has 1 unspecified atom stereocenters. The summed E-state index contributed by atoms with van der Waals surface area (Å²) in [4.78, 5) is 12.0. The Kier molecular flexibility index (Phi) is 11.2. The molecule has 0 radical (unpaired) electrons. The van der Waals surface area contributed by atoms with E-state index in [-0.39, 0.29) is 30.0 Å². The van der Waals surface area contributed by atoms with Gasteiger partial charge in [-0.3, -0.25) is 9.89 Å². The second kappa shape index (κ2) is 13.3. The molecule has 0 spiro atoms. The van der Waals surface area contributed by atoms with E-state index in [0.29, 0.717) is 5.92 Å². The van der Waals surface area contributed by atoms with Gasteiger partial charge < -0.3 is 15.4 Å². The standard InChI is InChI=1S/C24H37N5OS.HI/c1-6-25-24(27-18(3)22-13-17(2)7-8-23(22)30-5)26-14-20-9-11-29(12-10-20)15-21-16-31-19(4)28-21;/h7-8,13,16,18,20H,6,9-12,14-15H2,1-5H3,(H2,25,26,27);1H. The van der Waals surface area contributed by atoms with E-state index in [1.54, 1.807) is 18.4 Å². The Morgan fingerprint density at radius 1 is 1.31 bits per heavy atom. The molecule has 3 rings (SSSR count). The number of methoxy groups -OCH3 is 1. The first kappa shape index (κ1) is 26.9. The highest BCUT2D eigenvalue weighted by atomic mass is 127. The van der Waals surface area contributed by atoms with Crippen LogP contribution in [0.1, 0.15) is 54.6 Å². The topological polar surface area (TPSA) is 61.8 Å². The average molecular weight is 572 g/mol. The van der Waals surface area contributed by atoms with Crippen molar-refractivity contribution >= 4 is 41.3 Å². The largest absolute Gasteiger partial charge is 0.496 e. The Balaban J connectivity index is 0.00000363. The lowest BCUT2D eigenvalue weighted by molar-refractivity contribution is 0.179. The van der Waals surface area contributed by atoms with Crippen molar-refractivity contribution in [3.05, 3.63) is 45.4 Å². The summed E-state index contributed by atoms with van der Waals surface area (Å²) in [5.74, 6) is 2.41. The van der Waals surface area contributed by atoms with E-state index in [9.17, 15) is 0 Å². The zero-order chi connectivity index (χ0) is 22.2. The minimum atomic E-state index is 0. The molecule has 1 aromatic carbocycles. The lowest BCUT2D eigenvalue weighted by Gasteiger charge is -2.31. The summed E-state index contributed by atoms with van der Waals surface area (Å²) in [6.07, 6.45) is 2.38. The summed E-state index contributed by atoms with van der Waals surface area (Å²) in [5, 5.41) is 10.3. The summed E-state index contributed by atoms with van der Waals surface area (Å²) in [6, 6.07) is 6.40. The second-order valence-electron chi connectivity index (χ2n) is 8.41. The van der Waals surface area contributed by atoms with Crippen LogP contribution in [0.3, 0.4) is 0 Å². The van der Waals surface area contributed by atoms with E-state index in [0.717, 1.165) is 55.0 Å². The number of nitrogens with zero attached hydrogens (tertiary/aromatic N) is 3. The number of halogens is 1. The molecule has 32 heavy (non-hydrogen) atoms. The smallest absolute Gasteiger partial charge is 0.191 e. The van der Waals surface area contributed by atoms with Crippen molar-refractivity contribution in [2.24, 2.45) is 10.9 Å². The predicted molar refractivity (Wildman–Crippen MR) is 146 cm³/mol. The van der Waals surface area contributed by atoms with Gasteiger partial charge in [-0.1, -0.05) is 17.7 Å². The molecule has 2 N–H and O–H groups in total. The molecule has 0 amide bonds. The zero-order valence-corrected chi connectivity index (χ0v) is 23.1. The number of aromatic nitrogens is 1. The van der Waals surface area contributed by atoms with Gasteiger partial charge in [0, 0.05) is 30.6 Å². The predicted octanol–water partition coefficient (Wildman–Crippen LogP) is 4.91. The normalized spacial score (nSPS) is 16.3. The van der Waals surface area contributed by atoms with Gasteiger partial charge in [-0.2, -0.15) is 0 Å². The van der Waals surface area contributed by atoms with Crippen LogP contribution in [0.4, 0.5) is 0 Å². The van der Waals surface area contributed by atoms with Crippen LogP contribution in [0.25, 0.3) is 0 Å². The van der Waals surface area contributed by atoms with Crippen LogP contribution in [0, 0.1) is 19.8 Å². The number of piperidine rings is 1. The van der Waals surface area contributed by atoms with Crippen molar-refractivity contribution in [3.63, 3.8) is 0 Å². The Labute approximate surface area is 214 Å². The molecule has 1 aliphatic rings. The SMILES string of the molecule is CCNC(=NCC1CCN(Cc2csc(C)n2)CC1)NC(C)c1cc(C)ccc1OC.I. The molecule has 0 saturated carbocycles. The third-order valence-electron chi connectivity index (χ3n) is 5.82. The monoisotopic (exact) mass is 571 g/mol. The highest BCUT2D eigenvalue weighted by Crippen LogP contribution is 2.26. The average Bonchev–Trinajstić information content (AvgIpc) is 3.17. The highest BCUT2D eigenvalue weighted by Gasteiger charge is 2.20. The van der Waals surface area contributed by atoms with Crippen molar-refractivity contribution in [2.75, 3.05) is 33.3 Å². The van der Waals surface area contributed by atoms with Crippen LogP contribution in [0.5, 0.6) is 5.75 Å². The fourth-order valence-corrected chi connectivity index (χ4v) is 4.66. The molecule has 1 fully saturated rings. The van der Waals surface area contributed by atoms with Crippen LogP contribution in [0.15, 0.2) is 28.6 Å². The second-order valence-corrected chi connectivity index (χ2v) is 9.47. The molecule has 178 valence electrons. The minimum Gasteiger partial charge on any atom is -0.496 e. The molecular formula is C24H38IN5OS. The van der Waals surface area contributed by atoms with Gasteiger partial charge in [-0.15, -0.1) is 35.3 Å². The molecule has 1 atom stereocenters. The van der Waals surface area contributed by atoms with Crippen LogP contribution in [-0.2, 0) is 6.54 Å². The lowest BCUT2D eigenvalue weighted by Crippen LogP contribution is -2.40. The molecule has 1 aliphatic heterocycles.